The molecule has 1 amide bonds. The van der Waals surface area contributed by atoms with Crippen LogP contribution in [0.25, 0.3) is 5.65 Å². The number of H-pyrrole nitrogens is 1. The third-order valence-electron chi connectivity index (χ3n) is 4.24. The largest absolute Gasteiger partial charge is 0.350 e. The summed E-state index contributed by atoms with van der Waals surface area (Å²) >= 11 is 0. The van der Waals surface area contributed by atoms with Crippen molar-refractivity contribution in [3.63, 3.8) is 0 Å². The van der Waals surface area contributed by atoms with Gasteiger partial charge in [0.05, 0.1) is 0 Å². The van der Waals surface area contributed by atoms with Crippen LogP contribution in [0.2, 0.25) is 0 Å². The van der Waals surface area contributed by atoms with Crippen molar-refractivity contribution in [2.75, 3.05) is 31.1 Å². The van der Waals surface area contributed by atoms with E-state index in [-0.39, 0.29) is 17.2 Å². The first-order valence-electron chi connectivity index (χ1n) is 7.90. The van der Waals surface area contributed by atoms with E-state index in [2.05, 4.69) is 30.3 Å². The molecule has 0 radical (unpaired) electrons. The van der Waals surface area contributed by atoms with Gasteiger partial charge in [-0.05, 0) is 13.0 Å². The van der Waals surface area contributed by atoms with E-state index < -0.39 is 0 Å². The number of hydrogen-bond acceptors (Lipinski definition) is 7. The first kappa shape index (κ1) is 15.2. The Morgan fingerprint density at radius 2 is 1.96 bits per heavy atom. The summed E-state index contributed by atoms with van der Waals surface area (Å²) in [5, 5.41) is 14.4. The van der Waals surface area contributed by atoms with Crippen LogP contribution in [-0.4, -0.2) is 66.8 Å². The first-order chi connectivity index (χ1) is 12.1. The van der Waals surface area contributed by atoms with Crippen LogP contribution in [0.5, 0.6) is 0 Å². The quantitative estimate of drug-likeness (QED) is 0.668. The lowest BCUT2D eigenvalue weighted by atomic mass is 10.2. The van der Waals surface area contributed by atoms with Crippen LogP contribution in [0, 0.1) is 6.92 Å². The number of aromatic amines is 1. The average Bonchev–Trinajstić information content (AvgIpc) is 3.03. The van der Waals surface area contributed by atoms with Gasteiger partial charge in [-0.15, -0.1) is 10.2 Å². The van der Waals surface area contributed by atoms with Crippen molar-refractivity contribution in [2.45, 2.75) is 6.92 Å². The lowest BCUT2D eigenvalue weighted by molar-refractivity contribution is 0.0739. The highest BCUT2D eigenvalue weighted by Crippen LogP contribution is 2.19. The predicted molar refractivity (Wildman–Crippen MR) is 88.5 cm³/mol. The van der Waals surface area contributed by atoms with E-state index in [1.165, 1.54) is 12.1 Å². The van der Waals surface area contributed by atoms with Gasteiger partial charge in [0.1, 0.15) is 11.5 Å². The molecule has 3 aromatic heterocycles. The molecule has 10 nitrogen and oxygen atoms in total. The number of aromatic nitrogens is 6. The molecular formula is C15H16N8O2. The molecule has 4 rings (SSSR count). The lowest BCUT2D eigenvalue weighted by Gasteiger charge is -2.35. The van der Waals surface area contributed by atoms with Crippen LogP contribution >= 0.6 is 0 Å². The van der Waals surface area contributed by atoms with Gasteiger partial charge in [-0.2, -0.15) is 5.10 Å². The maximum atomic E-state index is 12.5. The summed E-state index contributed by atoms with van der Waals surface area (Å²) in [6, 6.07) is 2.74. The Morgan fingerprint density at radius 3 is 2.68 bits per heavy atom. The van der Waals surface area contributed by atoms with Gasteiger partial charge in [0.25, 0.3) is 11.5 Å². The van der Waals surface area contributed by atoms with Crippen LogP contribution in [-0.2, 0) is 0 Å². The SMILES string of the molecule is Cc1nnc2c(N3CCN(C(=O)c4ccc(=O)[nH]n4)CC3)nccn12. The van der Waals surface area contributed by atoms with Gasteiger partial charge in [0.2, 0.25) is 5.65 Å². The van der Waals surface area contributed by atoms with Crippen molar-refractivity contribution >= 4 is 17.4 Å². The van der Waals surface area contributed by atoms with Gasteiger partial charge in [-0.1, -0.05) is 0 Å². The average molecular weight is 340 g/mol. The fraction of sp³-hybridized carbons (Fsp3) is 0.333. The highest BCUT2D eigenvalue weighted by molar-refractivity contribution is 5.92. The first-order valence-corrected chi connectivity index (χ1v) is 7.90. The number of carbonyl (C=O) groups is 1. The van der Waals surface area contributed by atoms with Crippen LogP contribution in [0.15, 0.2) is 29.3 Å². The fourth-order valence-corrected chi connectivity index (χ4v) is 2.90. The topological polar surface area (TPSA) is 112 Å². The molecular weight excluding hydrogens is 324 g/mol. The molecule has 1 fully saturated rings. The number of nitrogens with zero attached hydrogens (tertiary/aromatic N) is 7. The van der Waals surface area contributed by atoms with E-state index in [0.717, 1.165) is 11.6 Å². The molecule has 0 aromatic carbocycles. The summed E-state index contributed by atoms with van der Waals surface area (Å²) in [5.41, 5.74) is 0.618. The number of carbonyl (C=O) groups excluding carboxylic acids is 1. The summed E-state index contributed by atoms with van der Waals surface area (Å²) in [6.45, 7) is 4.23. The molecule has 0 aliphatic carbocycles. The molecule has 25 heavy (non-hydrogen) atoms. The number of fused-ring (bicyclic) bond motifs is 1. The number of aryl methyl sites for hydroxylation is 1. The minimum atomic E-state index is -0.330. The summed E-state index contributed by atoms with van der Waals surface area (Å²) < 4.78 is 1.89. The molecule has 4 heterocycles. The van der Waals surface area contributed by atoms with Gasteiger partial charge in [0.15, 0.2) is 5.82 Å². The van der Waals surface area contributed by atoms with Gasteiger partial charge in [-0.3, -0.25) is 14.0 Å². The second-order valence-corrected chi connectivity index (χ2v) is 5.78. The Hall–Kier alpha value is -3.30. The van der Waals surface area contributed by atoms with E-state index in [1.807, 2.05) is 17.5 Å². The van der Waals surface area contributed by atoms with E-state index in [0.29, 0.717) is 31.8 Å². The number of anilines is 1. The smallest absolute Gasteiger partial charge is 0.274 e. The summed E-state index contributed by atoms with van der Waals surface area (Å²) in [7, 11) is 0. The number of amides is 1. The van der Waals surface area contributed by atoms with Crippen molar-refractivity contribution in [1.82, 2.24) is 34.7 Å². The molecule has 0 spiro atoms. The zero-order valence-corrected chi connectivity index (χ0v) is 13.6. The molecule has 1 saturated heterocycles. The monoisotopic (exact) mass is 340 g/mol. The molecule has 1 aliphatic rings. The van der Waals surface area contributed by atoms with E-state index in [4.69, 9.17) is 0 Å². The summed E-state index contributed by atoms with van der Waals surface area (Å²) in [6.07, 6.45) is 3.55. The normalized spacial score (nSPS) is 14.9. The molecule has 3 aromatic rings. The molecule has 0 bridgehead atoms. The van der Waals surface area contributed by atoms with Crippen LogP contribution in [0.4, 0.5) is 5.82 Å². The highest BCUT2D eigenvalue weighted by Gasteiger charge is 2.25. The Morgan fingerprint density at radius 1 is 1.16 bits per heavy atom. The van der Waals surface area contributed by atoms with Crippen molar-refractivity contribution in [3.8, 4) is 0 Å². The maximum Gasteiger partial charge on any atom is 0.274 e. The van der Waals surface area contributed by atoms with E-state index in [1.54, 1.807) is 11.1 Å². The van der Waals surface area contributed by atoms with Crippen LogP contribution in [0.1, 0.15) is 16.3 Å². The molecule has 10 heteroatoms. The molecule has 1 N–H and O–H groups in total. The predicted octanol–water partition coefficient (Wildman–Crippen LogP) is -0.522. The van der Waals surface area contributed by atoms with Crippen molar-refractivity contribution in [2.24, 2.45) is 0 Å². The third kappa shape index (κ3) is 2.71. The minimum absolute atomic E-state index is 0.194. The minimum Gasteiger partial charge on any atom is -0.350 e. The Balaban J connectivity index is 1.50. The standard InChI is InChI=1S/C15H16N8O2/c1-10-17-20-14-13(16-4-5-23(10)14)21-6-8-22(9-7-21)15(25)11-2-3-12(24)19-18-11/h2-5H,6-9H2,1H3,(H,19,24). The van der Waals surface area contributed by atoms with Gasteiger partial charge in [0, 0.05) is 44.6 Å². The van der Waals surface area contributed by atoms with Crippen LogP contribution in [0.3, 0.4) is 0 Å². The molecule has 128 valence electrons. The highest BCUT2D eigenvalue weighted by atomic mass is 16.2. The molecule has 1 aliphatic heterocycles. The summed E-state index contributed by atoms with van der Waals surface area (Å²) in [4.78, 5) is 31.7. The van der Waals surface area contributed by atoms with E-state index in [9.17, 15) is 9.59 Å². The van der Waals surface area contributed by atoms with Gasteiger partial charge >= 0.3 is 0 Å². The van der Waals surface area contributed by atoms with Crippen molar-refractivity contribution < 1.29 is 4.79 Å². The second kappa shape index (κ2) is 5.96. The Kier molecular flexibility index (Phi) is 3.64. The number of hydrogen-bond donors (Lipinski definition) is 1. The molecule has 0 saturated carbocycles. The number of rotatable bonds is 2. The van der Waals surface area contributed by atoms with Crippen molar-refractivity contribution in [1.29, 1.82) is 0 Å². The fourth-order valence-electron chi connectivity index (χ4n) is 2.90. The second-order valence-electron chi connectivity index (χ2n) is 5.78. The molecule has 0 atom stereocenters. The number of nitrogens with one attached hydrogen (secondary N) is 1. The van der Waals surface area contributed by atoms with Crippen molar-refractivity contribution in [3.05, 3.63) is 46.4 Å². The Bertz CT molecular complexity index is 966. The van der Waals surface area contributed by atoms with Gasteiger partial charge in [-0.25, -0.2) is 10.1 Å². The maximum absolute atomic E-state index is 12.5. The lowest BCUT2D eigenvalue weighted by Crippen LogP contribution is -2.49. The molecule has 0 unspecified atom stereocenters. The van der Waals surface area contributed by atoms with E-state index >= 15 is 0 Å². The Labute approximate surface area is 142 Å². The van der Waals surface area contributed by atoms with Crippen LogP contribution < -0.4 is 10.5 Å². The number of piperazine rings is 1. The zero-order valence-electron chi connectivity index (χ0n) is 13.6. The third-order valence-corrected chi connectivity index (χ3v) is 4.24. The summed E-state index contributed by atoms with van der Waals surface area (Å²) in [5.74, 6) is 1.37. The van der Waals surface area contributed by atoms with Gasteiger partial charge < -0.3 is 9.80 Å². The zero-order chi connectivity index (χ0) is 17.4.